The summed E-state index contributed by atoms with van der Waals surface area (Å²) in [5, 5.41) is 8.87. The van der Waals surface area contributed by atoms with Crippen LogP contribution in [-0.2, 0) is 32.9 Å². The van der Waals surface area contributed by atoms with Gasteiger partial charge in [-0.3, -0.25) is 4.84 Å². The number of aliphatic carboxylic acids is 1. The highest BCUT2D eigenvalue weighted by Crippen LogP contribution is 2.24. The summed E-state index contributed by atoms with van der Waals surface area (Å²) in [5.74, 6) is -1.26. The average molecular weight is 300 g/mol. The molecule has 0 atom stereocenters. The van der Waals surface area contributed by atoms with Crippen molar-refractivity contribution in [2.75, 3.05) is 0 Å². The van der Waals surface area contributed by atoms with E-state index in [-0.39, 0.29) is 13.1 Å². The van der Waals surface area contributed by atoms with Gasteiger partial charge in [-0.15, -0.1) is 0 Å². The molecule has 1 heterocycles. The maximum absolute atomic E-state index is 12.1. The number of nitrogens with one attached hydrogen (secondary N) is 1. The van der Waals surface area contributed by atoms with E-state index in [1.165, 1.54) is 18.2 Å². The third-order valence-electron chi connectivity index (χ3n) is 3.07. The van der Waals surface area contributed by atoms with Crippen LogP contribution in [0.15, 0.2) is 24.3 Å². The van der Waals surface area contributed by atoms with E-state index in [9.17, 15) is 13.2 Å². The first-order chi connectivity index (χ1) is 9.22. The molecule has 0 bridgehead atoms. The highest BCUT2D eigenvalue weighted by molar-refractivity contribution is 7.86. The number of hydrogen-bond donors (Lipinski definition) is 2. The summed E-state index contributed by atoms with van der Waals surface area (Å²) in [6.45, 7) is 3.00. The Labute approximate surface area is 117 Å². The Balaban J connectivity index is 2.05. The molecule has 8 heteroatoms. The summed E-state index contributed by atoms with van der Waals surface area (Å²) < 4.78 is 25.3. The molecule has 2 rings (SSSR count). The summed E-state index contributed by atoms with van der Waals surface area (Å²) in [5.41, 5.74) is 0.213. The van der Waals surface area contributed by atoms with E-state index in [2.05, 4.69) is 0 Å². The first-order valence-corrected chi connectivity index (χ1v) is 7.41. The van der Waals surface area contributed by atoms with E-state index < -0.39 is 21.8 Å². The minimum Gasteiger partial charge on any atom is -0.479 e. The monoisotopic (exact) mass is 300 g/mol. The molecule has 0 amide bonds. The molecule has 7 nitrogen and oxygen atoms in total. The van der Waals surface area contributed by atoms with Gasteiger partial charge < -0.3 is 5.11 Å². The van der Waals surface area contributed by atoms with Crippen LogP contribution in [0.4, 0.5) is 0 Å². The highest BCUT2D eigenvalue weighted by atomic mass is 32.2. The average Bonchev–Trinajstić information content (AvgIpc) is 2.81. The van der Waals surface area contributed by atoms with Crippen LogP contribution in [0.2, 0.25) is 0 Å². The maximum Gasteiger partial charge on any atom is 0.337 e. The van der Waals surface area contributed by atoms with Crippen molar-refractivity contribution < 1.29 is 23.2 Å². The predicted molar refractivity (Wildman–Crippen MR) is 70.5 cm³/mol. The lowest BCUT2D eigenvalue weighted by atomic mass is 10.1. The summed E-state index contributed by atoms with van der Waals surface area (Å²) in [7, 11) is -3.90. The SMILES string of the molecule is CC(C)(ONS(=O)(=O)N1Cc2ccccc2C1)C(=O)O. The zero-order chi connectivity index (χ0) is 15.0. The zero-order valence-corrected chi connectivity index (χ0v) is 12.0. The van der Waals surface area contributed by atoms with Crippen LogP contribution in [0.1, 0.15) is 25.0 Å². The third kappa shape index (κ3) is 2.98. The fourth-order valence-corrected chi connectivity index (χ4v) is 2.76. The van der Waals surface area contributed by atoms with E-state index in [1.54, 1.807) is 0 Å². The van der Waals surface area contributed by atoms with Crippen LogP contribution in [0.5, 0.6) is 0 Å². The molecule has 0 radical (unpaired) electrons. The van der Waals surface area contributed by atoms with Crippen LogP contribution < -0.4 is 4.89 Å². The van der Waals surface area contributed by atoms with Crippen molar-refractivity contribution in [3.8, 4) is 0 Å². The molecule has 20 heavy (non-hydrogen) atoms. The molecule has 1 aliphatic rings. The second-order valence-electron chi connectivity index (χ2n) is 5.04. The van der Waals surface area contributed by atoms with Crippen molar-refractivity contribution in [1.29, 1.82) is 0 Å². The molecular formula is C12H16N2O5S. The van der Waals surface area contributed by atoms with Crippen molar-refractivity contribution in [1.82, 2.24) is 9.19 Å². The first kappa shape index (κ1) is 14.9. The van der Waals surface area contributed by atoms with Gasteiger partial charge >= 0.3 is 16.2 Å². The topological polar surface area (TPSA) is 95.9 Å². The fraction of sp³-hybridized carbons (Fsp3) is 0.417. The molecule has 0 saturated heterocycles. The Bertz CT molecular complexity index is 601. The molecule has 0 fully saturated rings. The van der Waals surface area contributed by atoms with E-state index in [0.29, 0.717) is 0 Å². The molecule has 2 N–H and O–H groups in total. The Kier molecular flexibility index (Phi) is 3.83. The van der Waals surface area contributed by atoms with E-state index in [0.717, 1.165) is 11.1 Å². The Morgan fingerprint density at radius 3 is 2.25 bits per heavy atom. The minimum atomic E-state index is -3.90. The van der Waals surface area contributed by atoms with Crippen molar-refractivity contribution >= 4 is 16.2 Å². The van der Waals surface area contributed by atoms with Gasteiger partial charge in [-0.05, 0) is 25.0 Å². The van der Waals surface area contributed by atoms with Crippen LogP contribution in [0.3, 0.4) is 0 Å². The fourth-order valence-electron chi connectivity index (χ4n) is 1.73. The van der Waals surface area contributed by atoms with E-state index in [1.807, 2.05) is 29.2 Å². The number of fused-ring (bicyclic) bond motifs is 1. The van der Waals surface area contributed by atoms with Crippen LogP contribution in [0, 0.1) is 0 Å². The quantitative estimate of drug-likeness (QED) is 0.778. The van der Waals surface area contributed by atoms with E-state index >= 15 is 0 Å². The number of carboxylic acids is 1. The van der Waals surface area contributed by atoms with Crippen LogP contribution in [0.25, 0.3) is 0 Å². The van der Waals surface area contributed by atoms with Crippen molar-refractivity contribution in [3.05, 3.63) is 35.4 Å². The Morgan fingerprint density at radius 2 is 1.80 bits per heavy atom. The van der Waals surface area contributed by atoms with Gasteiger partial charge in [-0.1, -0.05) is 29.2 Å². The zero-order valence-electron chi connectivity index (χ0n) is 11.2. The van der Waals surface area contributed by atoms with Gasteiger partial charge in [0.1, 0.15) is 0 Å². The molecule has 0 spiro atoms. The molecule has 1 aromatic rings. The van der Waals surface area contributed by atoms with Gasteiger partial charge in [-0.25, -0.2) is 4.79 Å². The van der Waals surface area contributed by atoms with Gasteiger partial charge in [0, 0.05) is 13.1 Å². The van der Waals surface area contributed by atoms with Crippen LogP contribution >= 0.6 is 0 Å². The summed E-state index contributed by atoms with van der Waals surface area (Å²) in [6, 6.07) is 7.39. The number of carboxylic acid groups (broad SMARTS) is 1. The van der Waals surface area contributed by atoms with Gasteiger partial charge in [0.25, 0.3) is 0 Å². The van der Waals surface area contributed by atoms with E-state index in [4.69, 9.17) is 9.94 Å². The lowest BCUT2D eigenvalue weighted by Gasteiger charge is -2.22. The second-order valence-corrected chi connectivity index (χ2v) is 6.68. The van der Waals surface area contributed by atoms with Gasteiger partial charge in [0.2, 0.25) is 0 Å². The molecule has 1 aliphatic heterocycles. The van der Waals surface area contributed by atoms with Gasteiger partial charge in [0.05, 0.1) is 0 Å². The highest BCUT2D eigenvalue weighted by Gasteiger charge is 2.34. The number of benzene rings is 1. The standard InChI is InChI=1S/C12H16N2O5S/c1-12(2,11(15)16)19-13-20(17,18)14-7-9-5-3-4-6-10(9)8-14/h3-6,13H,7-8H2,1-2H3,(H,15,16). The van der Waals surface area contributed by atoms with Crippen LogP contribution in [-0.4, -0.2) is 29.4 Å². The normalized spacial score (nSPS) is 16.1. The summed E-state index contributed by atoms with van der Waals surface area (Å²) in [6.07, 6.45) is 0. The molecule has 0 saturated carbocycles. The minimum absolute atomic E-state index is 0.238. The maximum atomic E-state index is 12.1. The molecular weight excluding hydrogens is 284 g/mol. The number of nitrogens with zero attached hydrogens (tertiary/aromatic N) is 1. The third-order valence-corrected chi connectivity index (χ3v) is 4.30. The predicted octanol–water partition coefficient (Wildman–Crippen LogP) is 0.631. The van der Waals surface area contributed by atoms with Gasteiger partial charge in [-0.2, -0.15) is 12.7 Å². The van der Waals surface area contributed by atoms with Crippen molar-refractivity contribution in [2.45, 2.75) is 32.5 Å². The molecule has 1 aromatic carbocycles. The van der Waals surface area contributed by atoms with Crippen molar-refractivity contribution in [2.24, 2.45) is 0 Å². The van der Waals surface area contributed by atoms with Crippen molar-refractivity contribution in [3.63, 3.8) is 0 Å². The molecule has 110 valence electrons. The molecule has 0 unspecified atom stereocenters. The summed E-state index contributed by atoms with van der Waals surface area (Å²) in [4.78, 5) is 17.5. The number of carbonyl (C=O) groups is 1. The second kappa shape index (κ2) is 5.13. The number of rotatable bonds is 5. The largest absolute Gasteiger partial charge is 0.479 e. The van der Waals surface area contributed by atoms with Gasteiger partial charge in [0.15, 0.2) is 5.60 Å². The Morgan fingerprint density at radius 1 is 1.30 bits per heavy atom. The lowest BCUT2D eigenvalue weighted by molar-refractivity contribution is -0.165. The first-order valence-electron chi connectivity index (χ1n) is 5.97. The number of hydrogen-bond acceptors (Lipinski definition) is 4. The smallest absolute Gasteiger partial charge is 0.337 e. The molecule has 0 aromatic heterocycles. The Hall–Kier alpha value is -1.48. The molecule has 0 aliphatic carbocycles. The lowest BCUT2D eigenvalue weighted by Crippen LogP contribution is -2.45. The summed E-state index contributed by atoms with van der Waals surface area (Å²) >= 11 is 0.